The Bertz CT molecular complexity index is 428. The molecule has 3 heteroatoms. The predicted octanol–water partition coefficient (Wildman–Crippen LogP) is 4.42. The van der Waals surface area contributed by atoms with E-state index >= 15 is 0 Å². The van der Waals surface area contributed by atoms with Gasteiger partial charge in [-0.25, -0.2) is 4.39 Å². The second kappa shape index (κ2) is 6.78. The number of hydrogen-bond donors (Lipinski definition) is 2. The van der Waals surface area contributed by atoms with Gasteiger partial charge in [-0.2, -0.15) is 0 Å². The minimum atomic E-state index is -0.199. The third-order valence-electron chi connectivity index (χ3n) is 5.02. The van der Waals surface area contributed by atoms with Crippen LogP contribution < -0.4 is 11.1 Å². The molecule has 2 rings (SSSR count). The van der Waals surface area contributed by atoms with Crippen LogP contribution in [0.3, 0.4) is 0 Å². The van der Waals surface area contributed by atoms with Crippen LogP contribution in [0.5, 0.6) is 0 Å². The van der Waals surface area contributed by atoms with Crippen molar-refractivity contribution in [1.29, 1.82) is 0 Å². The fraction of sp³-hybridized carbons (Fsp3) is 0.667. The Hall–Kier alpha value is -1.09. The lowest BCUT2D eigenvalue weighted by Gasteiger charge is -2.39. The van der Waals surface area contributed by atoms with Gasteiger partial charge in [-0.05, 0) is 67.2 Å². The summed E-state index contributed by atoms with van der Waals surface area (Å²) in [5, 5.41) is 3.49. The lowest BCUT2D eigenvalue weighted by atomic mass is 9.68. The zero-order chi connectivity index (χ0) is 15.5. The molecule has 0 radical (unpaired) electrons. The Morgan fingerprint density at radius 2 is 1.71 bits per heavy atom. The van der Waals surface area contributed by atoms with Gasteiger partial charge in [0.05, 0.1) is 0 Å². The molecule has 0 spiro atoms. The number of benzene rings is 1. The topological polar surface area (TPSA) is 38.0 Å². The molecule has 1 fully saturated rings. The predicted molar refractivity (Wildman–Crippen MR) is 87.8 cm³/mol. The van der Waals surface area contributed by atoms with Crippen LogP contribution in [0.15, 0.2) is 24.3 Å². The Balaban J connectivity index is 1.92. The third kappa shape index (κ3) is 4.44. The van der Waals surface area contributed by atoms with E-state index < -0.39 is 0 Å². The molecule has 1 aliphatic rings. The average molecular weight is 292 g/mol. The van der Waals surface area contributed by atoms with Crippen LogP contribution in [0.1, 0.15) is 46.5 Å². The minimum Gasteiger partial charge on any atom is -0.381 e. The molecule has 0 amide bonds. The van der Waals surface area contributed by atoms with Gasteiger partial charge in [0.15, 0.2) is 0 Å². The van der Waals surface area contributed by atoms with E-state index in [4.69, 9.17) is 5.73 Å². The van der Waals surface area contributed by atoms with Crippen molar-refractivity contribution in [3.8, 4) is 0 Å². The Kier molecular flexibility index (Phi) is 5.26. The summed E-state index contributed by atoms with van der Waals surface area (Å²) in [5.74, 6) is 1.24. The van der Waals surface area contributed by atoms with E-state index in [0.29, 0.717) is 17.9 Å². The molecule has 1 atom stereocenters. The highest BCUT2D eigenvalue weighted by Gasteiger charge is 2.32. The van der Waals surface area contributed by atoms with Crippen molar-refractivity contribution in [2.45, 2.75) is 52.5 Å². The van der Waals surface area contributed by atoms with Gasteiger partial charge in [0.1, 0.15) is 5.82 Å². The number of rotatable bonds is 4. The highest BCUT2D eigenvalue weighted by molar-refractivity contribution is 5.44. The summed E-state index contributed by atoms with van der Waals surface area (Å²) in [5.41, 5.74) is 7.34. The van der Waals surface area contributed by atoms with E-state index in [9.17, 15) is 4.39 Å². The summed E-state index contributed by atoms with van der Waals surface area (Å²) >= 11 is 0. The molecule has 2 nitrogen and oxygen atoms in total. The van der Waals surface area contributed by atoms with Gasteiger partial charge < -0.3 is 11.1 Å². The second-order valence-corrected chi connectivity index (χ2v) is 7.47. The zero-order valence-corrected chi connectivity index (χ0v) is 13.5. The van der Waals surface area contributed by atoms with Gasteiger partial charge in [-0.15, -0.1) is 0 Å². The Morgan fingerprint density at radius 3 is 2.19 bits per heavy atom. The van der Waals surface area contributed by atoms with Crippen molar-refractivity contribution >= 4 is 5.69 Å². The highest BCUT2D eigenvalue weighted by Crippen LogP contribution is 2.40. The standard InChI is InChI=1S/C18H29FN2/c1-18(2,3)14-6-4-13(5-7-14)17(12-20)21-16-10-8-15(19)9-11-16/h8-11,13-14,17,21H,4-7,12,20H2,1-3H3. The van der Waals surface area contributed by atoms with Crippen LogP contribution in [0.4, 0.5) is 10.1 Å². The van der Waals surface area contributed by atoms with Crippen LogP contribution in [0, 0.1) is 23.1 Å². The van der Waals surface area contributed by atoms with Crippen LogP contribution in [-0.4, -0.2) is 12.6 Å². The summed E-state index contributed by atoms with van der Waals surface area (Å²) in [6, 6.07) is 6.85. The first-order valence-corrected chi connectivity index (χ1v) is 8.12. The molecule has 1 aliphatic carbocycles. The highest BCUT2D eigenvalue weighted by atomic mass is 19.1. The fourth-order valence-electron chi connectivity index (χ4n) is 3.52. The molecule has 21 heavy (non-hydrogen) atoms. The van der Waals surface area contributed by atoms with Gasteiger partial charge in [-0.3, -0.25) is 0 Å². The van der Waals surface area contributed by atoms with Crippen molar-refractivity contribution < 1.29 is 4.39 Å². The van der Waals surface area contributed by atoms with E-state index in [1.807, 2.05) is 0 Å². The monoisotopic (exact) mass is 292 g/mol. The van der Waals surface area contributed by atoms with E-state index in [-0.39, 0.29) is 11.9 Å². The molecule has 1 aromatic carbocycles. The fourth-order valence-corrected chi connectivity index (χ4v) is 3.52. The van der Waals surface area contributed by atoms with Crippen LogP contribution in [0.25, 0.3) is 0 Å². The summed E-state index contributed by atoms with van der Waals surface area (Å²) in [4.78, 5) is 0. The molecular formula is C18H29FN2. The van der Waals surface area contributed by atoms with Crippen LogP contribution >= 0.6 is 0 Å². The van der Waals surface area contributed by atoms with Crippen molar-refractivity contribution in [3.63, 3.8) is 0 Å². The lowest BCUT2D eigenvalue weighted by molar-refractivity contribution is 0.143. The lowest BCUT2D eigenvalue weighted by Crippen LogP contribution is -2.39. The van der Waals surface area contributed by atoms with Gasteiger partial charge in [0.25, 0.3) is 0 Å². The number of nitrogens with one attached hydrogen (secondary N) is 1. The van der Waals surface area contributed by atoms with Crippen molar-refractivity contribution in [1.82, 2.24) is 0 Å². The second-order valence-electron chi connectivity index (χ2n) is 7.47. The quantitative estimate of drug-likeness (QED) is 0.862. The molecule has 1 unspecified atom stereocenters. The molecular weight excluding hydrogens is 263 g/mol. The summed E-state index contributed by atoms with van der Waals surface area (Å²) < 4.78 is 13.0. The molecule has 1 saturated carbocycles. The van der Waals surface area contributed by atoms with Gasteiger partial charge >= 0.3 is 0 Å². The number of hydrogen-bond acceptors (Lipinski definition) is 2. The molecule has 0 saturated heterocycles. The Morgan fingerprint density at radius 1 is 1.14 bits per heavy atom. The van der Waals surface area contributed by atoms with Crippen molar-refractivity contribution in [2.75, 3.05) is 11.9 Å². The summed E-state index contributed by atoms with van der Waals surface area (Å²) in [6.07, 6.45) is 5.04. The summed E-state index contributed by atoms with van der Waals surface area (Å²) in [7, 11) is 0. The first-order chi connectivity index (χ1) is 9.90. The molecule has 118 valence electrons. The molecule has 0 aliphatic heterocycles. The number of anilines is 1. The first kappa shape index (κ1) is 16.3. The maximum absolute atomic E-state index is 13.0. The maximum atomic E-state index is 13.0. The van der Waals surface area contributed by atoms with Crippen LogP contribution in [0.2, 0.25) is 0 Å². The van der Waals surface area contributed by atoms with Crippen LogP contribution in [-0.2, 0) is 0 Å². The first-order valence-electron chi connectivity index (χ1n) is 8.12. The molecule has 3 N–H and O–H groups in total. The van der Waals surface area contributed by atoms with E-state index in [1.165, 1.54) is 37.8 Å². The molecule has 0 aromatic heterocycles. The van der Waals surface area contributed by atoms with E-state index in [2.05, 4.69) is 26.1 Å². The van der Waals surface area contributed by atoms with E-state index in [1.54, 1.807) is 12.1 Å². The third-order valence-corrected chi connectivity index (χ3v) is 5.02. The molecule has 0 bridgehead atoms. The molecule has 1 aromatic rings. The van der Waals surface area contributed by atoms with Gasteiger partial charge in [0, 0.05) is 18.3 Å². The van der Waals surface area contributed by atoms with Crippen molar-refractivity contribution in [2.24, 2.45) is 23.0 Å². The smallest absolute Gasteiger partial charge is 0.123 e. The average Bonchev–Trinajstić information content (AvgIpc) is 2.46. The maximum Gasteiger partial charge on any atom is 0.123 e. The van der Waals surface area contributed by atoms with Crippen molar-refractivity contribution in [3.05, 3.63) is 30.1 Å². The summed E-state index contributed by atoms with van der Waals surface area (Å²) in [6.45, 7) is 7.65. The minimum absolute atomic E-state index is 0.199. The van der Waals surface area contributed by atoms with Gasteiger partial charge in [-0.1, -0.05) is 20.8 Å². The normalized spacial score (nSPS) is 24.6. The van der Waals surface area contributed by atoms with E-state index in [0.717, 1.165) is 11.6 Å². The molecule has 0 heterocycles. The Labute approximate surface area is 128 Å². The number of halogens is 1. The number of nitrogens with two attached hydrogens (primary N) is 1. The largest absolute Gasteiger partial charge is 0.381 e. The van der Waals surface area contributed by atoms with Gasteiger partial charge in [0.2, 0.25) is 0 Å². The zero-order valence-electron chi connectivity index (χ0n) is 13.5. The SMILES string of the molecule is CC(C)(C)C1CCC(C(CN)Nc2ccc(F)cc2)CC1.